The number of ether oxygens (including phenoxy) is 1. The van der Waals surface area contributed by atoms with Crippen LogP contribution in [0.3, 0.4) is 0 Å². The van der Waals surface area contributed by atoms with E-state index in [9.17, 15) is 10.1 Å². The number of nitriles is 1. The Morgan fingerprint density at radius 2 is 1.81 bits per heavy atom. The second-order valence-corrected chi connectivity index (χ2v) is 9.75. The average molecular weight is 420 g/mol. The summed E-state index contributed by atoms with van der Waals surface area (Å²) in [5, 5.41) is 16.2. The van der Waals surface area contributed by atoms with Crippen molar-refractivity contribution in [2.75, 3.05) is 0 Å². The predicted molar refractivity (Wildman–Crippen MR) is 123 cm³/mol. The molecule has 1 aliphatic rings. The van der Waals surface area contributed by atoms with Gasteiger partial charge < -0.3 is 15.4 Å². The Labute approximate surface area is 185 Å². The third kappa shape index (κ3) is 5.86. The fraction of sp³-hybridized carbons (Fsp3) is 0.462. The first-order chi connectivity index (χ1) is 14.6. The Hall–Kier alpha value is -2.84. The van der Waals surface area contributed by atoms with Crippen LogP contribution in [0.25, 0.3) is 0 Å². The van der Waals surface area contributed by atoms with Gasteiger partial charge in [-0.05, 0) is 82.9 Å². The van der Waals surface area contributed by atoms with Gasteiger partial charge in [0.1, 0.15) is 17.6 Å². The average Bonchev–Trinajstić information content (AvgIpc) is 2.67. The summed E-state index contributed by atoms with van der Waals surface area (Å²) in [7, 11) is 0. The molecule has 0 unspecified atom stereocenters. The Kier molecular flexibility index (Phi) is 6.71. The van der Waals surface area contributed by atoms with Gasteiger partial charge in [0, 0.05) is 22.7 Å². The van der Waals surface area contributed by atoms with Crippen LogP contribution >= 0.6 is 0 Å². The maximum absolute atomic E-state index is 13.0. The maximum atomic E-state index is 13.0. The van der Waals surface area contributed by atoms with Crippen molar-refractivity contribution in [2.24, 2.45) is 0 Å². The maximum Gasteiger partial charge on any atom is 0.251 e. The fourth-order valence-corrected chi connectivity index (χ4v) is 4.74. The lowest BCUT2D eigenvalue weighted by molar-refractivity contribution is 0.0873. The minimum absolute atomic E-state index is 0.0289. The van der Waals surface area contributed by atoms with E-state index in [0.717, 1.165) is 31.2 Å². The summed E-state index contributed by atoms with van der Waals surface area (Å²) < 4.78 is 6.06. The summed E-state index contributed by atoms with van der Waals surface area (Å²) >= 11 is 0. The van der Waals surface area contributed by atoms with E-state index in [-0.39, 0.29) is 23.0 Å². The molecule has 31 heavy (non-hydrogen) atoms. The molecule has 1 aliphatic heterocycles. The Balaban J connectivity index is 1.80. The summed E-state index contributed by atoms with van der Waals surface area (Å²) in [5.41, 5.74) is 2.04. The summed E-state index contributed by atoms with van der Waals surface area (Å²) in [6.45, 7) is 10.8. The quantitative estimate of drug-likeness (QED) is 0.663. The van der Waals surface area contributed by atoms with Crippen LogP contribution < -0.4 is 15.4 Å². The van der Waals surface area contributed by atoms with Crippen LogP contribution in [0, 0.1) is 11.3 Å². The van der Waals surface area contributed by atoms with Crippen molar-refractivity contribution in [2.45, 2.75) is 77.4 Å². The van der Waals surface area contributed by atoms with E-state index in [1.54, 1.807) is 18.2 Å². The zero-order valence-electron chi connectivity index (χ0n) is 19.2. The second kappa shape index (κ2) is 9.11. The Morgan fingerprint density at radius 3 is 2.45 bits per heavy atom. The van der Waals surface area contributed by atoms with E-state index in [4.69, 9.17) is 4.74 Å². The molecule has 164 valence electrons. The van der Waals surface area contributed by atoms with Gasteiger partial charge in [-0.3, -0.25) is 4.79 Å². The summed E-state index contributed by atoms with van der Waals surface area (Å²) in [5.74, 6) is 1.16. The largest absolute Gasteiger partial charge is 0.456 e. The highest BCUT2D eigenvalue weighted by Crippen LogP contribution is 2.31. The van der Waals surface area contributed by atoms with E-state index < -0.39 is 0 Å². The van der Waals surface area contributed by atoms with Crippen molar-refractivity contribution in [1.82, 2.24) is 10.6 Å². The standard InChI is InChI=1S/C26H33N3O2/c1-6-9-18-14-19(12-13-23(18)31-22-11-8-7-10-20(22)17-27)24(30)28-21-15-25(2,3)29-26(4,5)16-21/h7-8,10-14,21,29H,6,9,15-16H2,1-5H3,(H,28,30). The smallest absolute Gasteiger partial charge is 0.251 e. The number of aryl methyl sites for hydroxylation is 1. The number of rotatable bonds is 6. The van der Waals surface area contributed by atoms with Crippen molar-refractivity contribution >= 4 is 5.91 Å². The van der Waals surface area contributed by atoms with Gasteiger partial charge in [0.05, 0.1) is 5.56 Å². The van der Waals surface area contributed by atoms with Gasteiger partial charge in [-0.15, -0.1) is 0 Å². The lowest BCUT2D eigenvalue weighted by atomic mass is 9.79. The zero-order valence-corrected chi connectivity index (χ0v) is 19.2. The normalized spacial score (nSPS) is 17.5. The highest BCUT2D eigenvalue weighted by molar-refractivity contribution is 5.94. The number of carbonyl (C=O) groups is 1. The molecule has 3 rings (SSSR count). The molecule has 0 aliphatic carbocycles. The summed E-state index contributed by atoms with van der Waals surface area (Å²) in [6, 6.07) is 15.0. The number of nitrogens with zero attached hydrogens (tertiary/aromatic N) is 1. The van der Waals surface area contributed by atoms with Crippen LogP contribution in [0.15, 0.2) is 42.5 Å². The highest BCUT2D eigenvalue weighted by Gasteiger charge is 2.38. The first-order valence-electron chi connectivity index (χ1n) is 11.0. The molecule has 2 N–H and O–H groups in total. The van der Waals surface area contributed by atoms with Gasteiger partial charge in [-0.25, -0.2) is 0 Å². The van der Waals surface area contributed by atoms with Crippen molar-refractivity contribution < 1.29 is 9.53 Å². The highest BCUT2D eigenvalue weighted by atomic mass is 16.5. The molecular formula is C26H33N3O2. The number of para-hydroxylation sites is 1. The van der Waals surface area contributed by atoms with E-state index >= 15 is 0 Å². The first kappa shape index (κ1) is 22.8. The zero-order chi connectivity index (χ0) is 22.6. The van der Waals surface area contributed by atoms with Gasteiger partial charge >= 0.3 is 0 Å². The lowest BCUT2D eigenvalue weighted by Crippen LogP contribution is -2.62. The van der Waals surface area contributed by atoms with Crippen molar-refractivity contribution in [3.05, 3.63) is 59.2 Å². The number of benzene rings is 2. The third-order valence-corrected chi connectivity index (χ3v) is 5.59. The molecule has 2 aromatic rings. The van der Waals surface area contributed by atoms with Gasteiger partial charge in [-0.1, -0.05) is 25.5 Å². The number of hydrogen-bond acceptors (Lipinski definition) is 4. The van der Waals surface area contributed by atoms with Crippen LogP contribution in [-0.4, -0.2) is 23.0 Å². The topological polar surface area (TPSA) is 74.2 Å². The molecule has 1 heterocycles. The molecule has 0 spiro atoms. The van der Waals surface area contributed by atoms with Crippen molar-refractivity contribution in [1.29, 1.82) is 5.26 Å². The summed E-state index contributed by atoms with van der Waals surface area (Å²) in [6.07, 6.45) is 3.49. The molecule has 0 atom stereocenters. The fourth-order valence-electron chi connectivity index (χ4n) is 4.74. The van der Waals surface area contributed by atoms with Crippen LogP contribution in [0.1, 0.15) is 75.4 Å². The van der Waals surface area contributed by atoms with Gasteiger partial charge in [0.25, 0.3) is 5.91 Å². The minimum Gasteiger partial charge on any atom is -0.456 e. The van der Waals surface area contributed by atoms with Crippen LogP contribution in [0.4, 0.5) is 0 Å². The molecule has 2 aromatic carbocycles. The molecule has 1 amide bonds. The molecule has 1 fully saturated rings. The number of piperidine rings is 1. The number of hydrogen-bond donors (Lipinski definition) is 2. The van der Waals surface area contributed by atoms with E-state index in [2.05, 4.69) is 51.3 Å². The SMILES string of the molecule is CCCc1cc(C(=O)NC2CC(C)(C)NC(C)(C)C2)ccc1Oc1ccccc1C#N. The predicted octanol–water partition coefficient (Wildman–Crippen LogP) is 5.34. The molecule has 1 saturated heterocycles. The lowest BCUT2D eigenvalue weighted by Gasteiger charge is -2.46. The third-order valence-electron chi connectivity index (χ3n) is 5.59. The molecule has 5 heteroatoms. The molecule has 0 saturated carbocycles. The van der Waals surface area contributed by atoms with Crippen LogP contribution in [0.2, 0.25) is 0 Å². The number of carbonyl (C=O) groups excluding carboxylic acids is 1. The van der Waals surface area contributed by atoms with E-state index in [1.165, 1.54) is 0 Å². The second-order valence-electron chi connectivity index (χ2n) is 9.75. The van der Waals surface area contributed by atoms with Gasteiger partial charge in [-0.2, -0.15) is 5.26 Å². The van der Waals surface area contributed by atoms with Crippen LogP contribution in [0.5, 0.6) is 11.5 Å². The Morgan fingerprint density at radius 1 is 1.13 bits per heavy atom. The minimum atomic E-state index is -0.0557. The van der Waals surface area contributed by atoms with Crippen LogP contribution in [-0.2, 0) is 6.42 Å². The van der Waals surface area contributed by atoms with Gasteiger partial charge in [0.2, 0.25) is 0 Å². The molecule has 0 radical (unpaired) electrons. The first-order valence-corrected chi connectivity index (χ1v) is 11.0. The van der Waals surface area contributed by atoms with E-state index in [1.807, 2.05) is 24.3 Å². The monoisotopic (exact) mass is 419 g/mol. The molecule has 0 aromatic heterocycles. The summed E-state index contributed by atoms with van der Waals surface area (Å²) in [4.78, 5) is 13.0. The number of amides is 1. The van der Waals surface area contributed by atoms with Gasteiger partial charge in [0.15, 0.2) is 0 Å². The molecular weight excluding hydrogens is 386 g/mol. The van der Waals surface area contributed by atoms with Crippen molar-refractivity contribution in [3.63, 3.8) is 0 Å². The van der Waals surface area contributed by atoms with E-state index in [0.29, 0.717) is 22.6 Å². The van der Waals surface area contributed by atoms with Crippen molar-refractivity contribution in [3.8, 4) is 17.6 Å². The number of nitrogens with one attached hydrogen (secondary N) is 2. The Bertz CT molecular complexity index is 972. The molecule has 0 bridgehead atoms. The molecule has 5 nitrogen and oxygen atoms in total.